The van der Waals surface area contributed by atoms with Crippen molar-refractivity contribution in [3.05, 3.63) is 11.6 Å². The second-order valence-electron chi connectivity index (χ2n) is 5.04. The largest absolute Gasteiger partial charge is 0.466 e. The summed E-state index contributed by atoms with van der Waals surface area (Å²) in [5, 5.41) is 0. The van der Waals surface area contributed by atoms with Gasteiger partial charge in [0, 0.05) is 6.42 Å². The van der Waals surface area contributed by atoms with Gasteiger partial charge in [-0.1, -0.05) is 31.8 Å². The molecule has 2 atom stereocenters. The highest BCUT2D eigenvalue weighted by Crippen LogP contribution is 2.33. The molecule has 102 valence electrons. The Morgan fingerprint density at radius 3 is 2.72 bits per heavy atom. The molecule has 0 amide bonds. The lowest BCUT2D eigenvalue weighted by Gasteiger charge is -2.29. The molecule has 3 nitrogen and oxygen atoms in total. The summed E-state index contributed by atoms with van der Waals surface area (Å²) in [6, 6.07) is 0. The minimum absolute atomic E-state index is 0.132. The van der Waals surface area contributed by atoms with Crippen molar-refractivity contribution in [2.24, 2.45) is 11.8 Å². The Morgan fingerprint density at radius 2 is 2.11 bits per heavy atom. The Balaban J connectivity index is 2.74. The number of rotatable bonds is 6. The minimum atomic E-state index is -0.209. The van der Waals surface area contributed by atoms with Crippen molar-refractivity contribution in [1.82, 2.24) is 0 Å². The Hall–Kier alpha value is -1.12. The zero-order valence-electron chi connectivity index (χ0n) is 11.7. The molecule has 0 heterocycles. The van der Waals surface area contributed by atoms with Crippen molar-refractivity contribution in [1.29, 1.82) is 0 Å². The fraction of sp³-hybridized carbons (Fsp3) is 0.733. The van der Waals surface area contributed by atoms with Crippen molar-refractivity contribution in [3.63, 3.8) is 0 Å². The van der Waals surface area contributed by atoms with Gasteiger partial charge in [0.05, 0.1) is 12.5 Å². The lowest BCUT2D eigenvalue weighted by Crippen LogP contribution is -2.32. The van der Waals surface area contributed by atoms with E-state index in [1.807, 2.05) is 13.8 Å². The van der Waals surface area contributed by atoms with Crippen LogP contribution < -0.4 is 0 Å². The summed E-state index contributed by atoms with van der Waals surface area (Å²) in [5.41, 5.74) is 0.867. The van der Waals surface area contributed by atoms with Crippen LogP contribution in [0.3, 0.4) is 0 Å². The smallest absolute Gasteiger partial charge is 0.313 e. The van der Waals surface area contributed by atoms with Gasteiger partial charge >= 0.3 is 5.97 Å². The zero-order valence-corrected chi connectivity index (χ0v) is 11.7. The van der Waals surface area contributed by atoms with Gasteiger partial charge < -0.3 is 4.74 Å². The highest BCUT2D eigenvalue weighted by atomic mass is 16.5. The van der Waals surface area contributed by atoms with E-state index in [2.05, 4.69) is 6.92 Å². The average Bonchev–Trinajstić information content (AvgIpc) is 2.28. The fourth-order valence-corrected chi connectivity index (χ4v) is 2.69. The predicted octanol–water partition coefficient (Wildman–Crippen LogP) is 3.28. The second-order valence-corrected chi connectivity index (χ2v) is 5.04. The molecule has 3 heteroatoms. The van der Waals surface area contributed by atoms with Crippen LogP contribution in [-0.4, -0.2) is 18.4 Å². The lowest BCUT2D eigenvalue weighted by molar-refractivity contribution is -0.149. The van der Waals surface area contributed by atoms with Crippen LogP contribution in [0.2, 0.25) is 0 Å². The summed E-state index contributed by atoms with van der Waals surface area (Å²) < 4.78 is 5.13. The van der Waals surface area contributed by atoms with Crippen molar-refractivity contribution in [2.45, 2.75) is 52.9 Å². The molecule has 0 unspecified atom stereocenters. The minimum Gasteiger partial charge on any atom is -0.466 e. The number of carbonyl (C=O) groups is 2. The Labute approximate surface area is 110 Å². The van der Waals surface area contributed by atoms with Gasteiger partial charge in [0.1, 0.15) is 0 Å². The lowest BCUT2D eigenvalue weighted by atomic mass is 9.76. The Kier molecular flexibility index (Phi) is 6.10. The molecular formula is C15H24O3. The Bertz CT molecular complexity index is 331. The topological polar surface area (TPSA) is 43.4 Å². The second kappa shape index (κ2) is 7.34. The van der Waals surface area contributed by atoms with E-state index >= 15 is 0 Å². The van der Waals surface area contributed by atoms with Gasteiger partial charge in [-0.3, -0.25) is 9.59 Å². The maximum absolute atomic E-state index is 12.0. The molecular weight excluding hydrogens is 228 g/mol. The summed E-state index contributed by atoms with van der Waals surface area (Å²) >= 11 is 0. The molecule has 0 radical (unpaired) electrons. The predicted molar refractivity (Wildman–Crippen MR) is 71.1 cm³/mol. The molecule has 0 fully saturated rings. The molecule has 0 aromatic carbocycles. The molecule has 0 aliphatic heterocycles. The van der Waals surface area contributed by atoms with Crippen LogP contribution in [0.4, 0.5) is 0 Å². The van der Waals surface area contributed by atoms with Crippen molar-refractivity contribution >= 4 is 11.8 Å². The van der Waals surface area contributed by atoms with Crippen LogP contribution >= 0.6 is 0 Å². The SMILES string of the molecule is CCCCC[C@H]1CC(=O)C=C(C)[C@@H]1C(=O)OCC. The summed E-state index contributed by atoms with van der Waals surface area (Å²) in [6.07, 6.45) is 6.43. The molecule has 0 bridgehead atoms. The number of esters is 1. The van der Waals surface area contributed by atoms with Crippen LogP contribution in [-0.2, 0) is 14.3 Å². The highest BCUT2D eigenvalue weighted by molar-refractivity contribution is 5.94. The van der Waals surface area contributed by atoms with E-state index in [1.165, 1.54) is 0 Å². The number of hydrogen-bond acceptors (Lipinski definition) is 3. The third-order valence-corrected chi connectivity index (χ3v) is 3.53. The molecule has 0 spiro atoms. The number of ketones is 1. The quantitative estimate of drug-likeness (QED) is 0.538. The molecule has 1 rings (SSSR count). The first-order chi connectivity index (χ1) is 8.60. The molecule has 18 heavy (non-hydrogen) atoms. The highest BCUT2D eigenvalue weighted by Gasteiger charge is 2.35. The van der Waals surface area contributed by atoms with Crippen molar-refractivity contribution < 1.29 is 14.3 Å². The van der Waals surface area contributed by atoms with Crippen molar-refractivity contribution in [3.8, 4) is 0 Å². The Morgan fingerprint density at radius 1 is 1.39 bits per heavy atom. The van der Waals surface area contributed by atoms with Gasteiger partial charge in [0.25, 0.3) is 0 Å². The summed E-state index contributed by atoms with van der Waals surface area (Å²) in [6.45, 7) is 6.24. The van der Waals surface area contributed by atoms with Crippen LogP contribution in [0, 0.1) is 11.8 Å². The van der Waals surface area contributed by atoms with Gasteiger partial charge in [-0.05, 0) is 32.3 Å². The van der Waals surface area contributed by atoms with E-state index < -0.39 is 0 Å². The van der Waals surface area contributed by atoms with Crippen LogP contribution in [0.5, 0.6) is 0 Å². The summed E-state index contributed by atoms with van der Waals surface area (Å²) in [4.78, 5) is 23.6. The molecule has 0 N–H and O–H groups in total. The summed E-state index contributed by atoms with van der Waals surface area (Å²) in [5.74, 6) is -0.0950. The maximum Gasteiger partial charge on any atom is 0.313 e. The molecule has 0 aromatic rings. The van der Waals surface area contributed by atoms with Gasteiger partial charge in [0.15, 0.2) is 5.78 Å². The van der Waals surface area contributed by atoms with E-state index in [0.29, 0.717) is 13.0 Å². The molecule has 0 aromatic heterocycles. The third kappa shape index (κ3) is 3.97. The van der Waals surface area contributed by atoms with E-state index in [1.54, 1.807) is 6.08 Å². The first-order valence-corrected chi connectivity index (χ1v) is 6.97. The van der Waals surface area contributed by atoms with E-state index in [4.69, 9.17) is 4.74 Å². The van der Waals surface area contributed by atoms with Gasteiger partial charge in [-0.25, -0.2) is 0 Å². The van der Waals surface area contributed by atoms with Gasteiger partial charge in [-0.2, -0.15) is 0 Å². The fourth-order valence-electron chi connectivity index (χ4n) is 2.69. The van der Waals surface area contributed by atoms with Crippen LogP contribution in [0.1, 0.15) is 52.9 Å². The van der Waals surface area contributed by atoms with Crippen LogP contribution in [0.15, 0.2) is 11.6 Å². The number of carbonyl (C=O) groups excluding carboxylic acids is 2. The first-order valence-electron chi connectivity index (χ1n) is 6.97. The number of ether oxygens (including phenoxy) is 1. The number of allylic oxidation sites excluding steroid dienone is 1. The monoisotopic (exact) mass is 252 g/mol. The molecule has 1 aliphatic rings. The molecule has 0 saturated heterocycles. The number of hydrogen-bond donors (Lipinski definition) is 0. The van der Waals surface area contributed by atoms with Crippen LogP contribution in [0.25, 0.3) is 0 Å². The zero-order chi connectivity index (χ0) is 13.5. The van der Waals surface area contributed by atoms with Gasteiger partial charge in [0.2, 0.25) is 0 Å². The van der Waals surface area contributed by atoms with E-state index in [0.717, 1.165) is 31.3 Å². The van der Waals surface area contributed by atoms with Gasteiger partial charge in [-0.15, -0.1) is 0 Å². The maximum atomic E-state index is 12.0. The standard InChI is InChI=1S/C15H24O3/c1-4-6-7-8-12-10-13(16)9-11(3)14(12)15(17)18-5-2/h9,12,14H,4-8,10H2,1-3H3/t12-,14-/m0/s1. The normalized spacial score (nSPS) is 23.7. The van der Waals surface area contributed by atoms with E-state index in [-0.39, 0.29) is 23.6 Å². The summed E-state index contributed by atoms with van der Waals surface area (Å²) in [7, 11) is 0. The molecule has 1 aliphatic carbocycles. The number of unbranched alkanes of at least 4 members (excludes halogenated alkanes) is 2. The van der Waals surface area contributed by atoms with E-state index in [9.17, 15) is 9.59 Å². The third-order valence-electron chi connectivity index (χ3n) is 3.53. The first kappa shape index (κ1) is 14.9. The average molecular weight is 252 g/mol. The molecule has 0 saturated carbocycles. The van der Waals surface area contributed by atoms with Crippen molar-refractivity contribution in [2.75, 3.05) is 6.61 Å².